The molecule has 2 aliphatic rings. The standard InChI is InChI=1S/C15H18N3O2S.Tl/c1-15(2)13-10(3-6-20-15)11-12(21-13)14(17-9-16-11)18-4-7-19-8-5-18;/h3-8H2,1-2H3;. The van der Waals surface area contributed by atoms with E-state index in [1.54, 1.807) is 0 Å². The summed E-state index contributed by atoms with van der Waals surface area (Å²) in [6.07, 6.45) is 0.961. The maximum atomic E-state index is 5.98. The van der Waals surface area contributed by atoms with Crippen molar-refractivity contribution < 1.29 is 9.47 Å². The summed E-state index contributed by atoms with van der Waals surface area (Å²) in [6, 6.07) is 0. The zero-order chi connectivity index (χ0) is 15.3. The fraction of sp³-hybridized carbons (Fsp3) is 0.600. The van der Waals surface area contributed by atoms with E-state index in [9.17, 15) is 0 Å². The van der Waals surface area contributed by atoms with Crippen LogP contribution in [0, 0.1) is 0 Å². The second-order valence-corrected chi connectivity index (χ2v) is 9.23. The van der Waals surface area contributed by atoms with Gasteiger partial charge in [-0.3, -0.25) is 0 Å². The Kier molecular flexibility index (Phi) is 3.90. The quantitative estimate of drug-likeness (QED) is 0.541. The zero-order valence-corrected chi connectivity index (χ0v) is 18.2. The number of thiophene rings is 1. The van der Waals surface area contributed by atoms with E-state index < -0.39 is 0 Å². The molecule has 0 saturated carbocycles. The Morgan fingerprint density at radius 2 is 1.95 bits per heavy atom. The van der Waals surface area contributed by atoms with Crippen LogP contribution in [0.5, 0.6) is 0 Å². The first-order valence-electron chi connectivity index (χ1n) is 7.62. The molecule has 2 aliphatic heterocycles. The maximum absolute atomic E-state index is 5.98. The van der Waals surface area contributed by atoms with Crippen LogP contribution >= 0.6 is 11.3 Å². The van der Waals surface area contributed by atoms with Gasteiger partial charge in [-0.2, -0.15) is 0 Å². The molecule has 0 unspecified atom stereocenters. The van der Waals surface area contributed by atoms with Crippen molar-refractivity contribution in [2.24, 2.45) is 0 Å². The van der Waals surface area contributed by atoms with Gasteiger partial charge in [-0.05, 0) is 0 Å². The van der Waals surface area contributed by atoms with E-state index in [0.717, 1.165) is 48.5 Å². The molecule has 22 heavy (non-hydrogen) atoms. The molecular formula is C15H18N3O2STl. The van der Waals surface area contributed by atoms with Gasteiger partial charge in [0.05, 0.1) is 0 Å². The second kappa shape index (κ2) is 5.64. The second-order valence-electron chi connectivity index (χ2n) is 6.20. The Hall–Kier alpha value is -0.318. The third-order valence-corrected chi connectivity index (χ3v) is 6.83. The van der Waals surface area contributed by atoms with Crippen molar-refractivity contribution in [3.05, 3.63) is 10.4 Å². The molecule has 0 amide bonds. The predicted octanol–water partition coefficient (Wildman–Crippen LogP) is 1.13. The molecule has 0 aliphatic carbocycles. The Bertz CT molecular complexity index is 725. The normalized spacial score (nSPS) is 21.0. The molecule has 7 heteroatoms. The molecule has 2 aromatic rings. The van der Waals surface area contributed by atoms with Crippen LogP contribution in [0.15, 0.2) is 0 Å². The van der Waals surface area contributed by atoms with Crippen molar-refractivity contribution in [1.29, 1.82) is 0 Å². The molecule has 5 nitrogen and oxygen atoms in total. The number of hydrogen-bond donors (Lipinski definition) is 0. The number of nitrogens with zero attached hydrogens (tertiary/aromatic N) is 3. The number of fused-ring (bicyclic) bond motifs is 3. The average molecular weight is 509 g/mol. The third kappa shape index (κ3) is 2.48. The van der Waals surface area contributed by atoms with Gasteiger partial charge in [0.2, 0.25) is 0 Å². The van der Waals surface area contributed by atoms with Crippen LogP contribution in [0.1, 0.15) is 24.3 Å². The van der Waals surface area contributed by atoms with Gasteiger partial charge in [0, 0.05) is 0 Å². The average Bonchev–Trinajstić information content (AvgIpc) is 2.87. The Labute approximate surface area is 149 Å². The third-order valence-electron chi connectivity index (χ3n) is 4.30. The summed E-state index contributed by atoms with van der Waals surface area (Å²) >= 11 is 2.47. The van der Waals surface area contributed by atoms with Gasteiger partial charge in [0.25, 0.3) is 0 Å². The van der Waals surface area contributed by atoms with Gasteiger partial charge in [-0.25, -0.2) is 0 Å². The SMILES string of the molecule is CC1(C)OCCc2c1sc1c(N3CCOCC3)n[c]([Tl])nc21. The van der Waals surface area contributed by atoms with E-state index in [1.807, 2.05) is 11.3 Å². The minimum atomic E-state index is -0.213. The molecule has 0 N–H and O–H groups in total. The first-order valence-corrected chi connectivity index (χ1v) is 10.7. The molecule has 4 rings (SSSR count). The molecule has 1 fully saturated rings. The van der Waals surface area contributed by atoms with Crippen LogP contribution in [-0.4, -0.2) is 68.6 Å². The molecule has 0 bridgehead atoms. The number of hydrogen-bond acceptors (Lipinski definition) is 6. The Morgan fingerprint density at radius 1 is 1.18 bits per heavy atom. The van der Waals surface area contributed by atoms with Gasteiger partial charge in [0.1, 0.15) is 0 Å². The van der Waals surface area contributed by atoms with Crippen molar-refractivity contribution in [2.45, 2.75) is 25.9 Å². The molecule has 0 atom stereocenters. The fourth-order valence-corrected chi connectivity index (χ4v) is 5.55. The molecule has 0 radical (unpaired) electrons. The van der Waals surface area contributed by atoms with Crippen molar-refractivity contribution in [3.63, 3.8) is 0 Å². The summed E-state index contributed by atoms with van der Waals surface area (Å²) in [6.45, 7) is 8.49. The number of anilines is 1. The van der Waals surface area contributed by atoms with Gasteiger partial charge in [-0.1, -0.05) is 0 Å². The summed E-state index contributed by atoms with van der Waals surface area (Å²) in [5, 5.41) is 0. The predicted molar refractivity (Wildman–Crippen MR) is 88.5 cm³/mol. The van der Waals surface area contributed by atoms with Crippen molar-refractivity contribution in [1.82, 2.24) is 9.97 Å². The molecule has 1 saturated heterocycles. The molecule has 4 heterocycles. The van der Waals surface area contributed by atoms with Crippen molar-refractivity contribution in [2.75, 3.05) is 37.8 Å². The summed E-state index contributed by atoms with van der Waals surface area (Å²) in [5.41, 5.74) is 2.34. The summed E-state index contributed by atoms with van der Waals surface area (Å²) < 4.78 is 13.7. The molecule has 0 aromatic carbocycles. The summed E-state index contributed by atoms with van der Waals surface area (Å²) in [7, 11) is 0. The number of morpholine rings is 1. The van der Waals surface area contributed by atoms with Crippen LogP contribution in [-0.2, 0) is 21.5 Å². The first kappa shape index (κ1) is 15.2. The van der Waals surface area contributed by atoms with E-state index in [1.165, 1.54) is 20.7 Å². The molecule has 114 valence electrons. The number of rotatable bonds is 1. The van der Waals surface area contributed by atoms with Gasteiger partial charge >= 0.3 is 150 Å². The van der Waals surface area contributed by atoms with E-state index in [-0.39, 0.29) is 5.60 Å². The van der Waals surface area contributed by atoms with E-state index in [4.69, 9.17) is 19.4 Å². The van der Waals surface area contributed by atoms with Crippen LogP contribution in [0.4, 0.5) is 5.82 Å². The number of aromatic nitrogens is 2. The van der Waals surface area contributed by atoms with Gasteiger partial charge < -0.3 is 0 Å². The van der Waals surface area contributed by atoms with Crippen LogP contribution < -0.4 is 8.28 Å². The molecule has 0 spiro atoms. The zero-order valence-electron chi connectivity index (χ0n) is 12.9. The van der Waals surface area contributed by atoms with Crippen LogP contribution in [0.25, 0.3) is 10.2 Å². The Morgan fingerprint density at radius 3 is 2.73 bits per heavy atom. The van der Waals surface area contributed by atoms with Crippen LogP contribution in [0.3, 0.4) is 0 Å². The first-order chi connectivity index (χ1) is 10.6. The van der Waals surface area contributed by atoms with E-state index in [2.05, 4.69) is 18.7 Å². The van der Waals surface area contributed by atoms with E-state index >= 15 is 0 Å². The minimum absolute atomic E-state index is 0.213. The monoisotopic (exact) mass is 509 g/mol. The Balaban J connectivity index is 1.92. The van der Waals surface area contributed by atoms with E-state index in [0.29, 0.717) is 25.8 Å². The van der Waals surface area contributed by atoms with Crippen LogP contribution in [0.2, 0.25) is 0 Å². The topological polar surface area (TPSA) is 47.5 Å². The summed E-state index contributed by atoms with van der Waals surface area (Å²) in [4.78, 5) is 13.3. The molecular weight excluding hydrogens is 491 g/mol. The fourth-order valence-electron chi connectivity index (χ4n) is 3.21. The summed E-state index contributed by atoms with van der Waals surface area (Å²) in [5.74, 6) is 1.11. The van der Waals surface area contributed by atoms with Crippen molar-refractivity contribution in [3.8, 4) is 0 Å². The van der Waals surface area contributed by atoms with Crippen molar-refractivity contribution >= 4 is 56.5 Å². The number of ether oxygens (including phenoxy) is 2. The molecule has 2 aromatic heterocycles. The van der Waals surface area contributed by atoms with Gasteiger partial charge in [0.15, 0.2) is 0 Å². The van der Waals surface area contributed by atoms with Gasteiger partial charge in [-0.15, -0.1) is 0 Å².